The van der Waals surface area contributed by atoms with Crippen molar-refractivity contribution in [2.24, 2.45) is 0 Å². The number of nitrogens with zero attached hydrogens (tertiary/aromatic N) is 2. The lowest BCUT2D eigenvalue weighted by Crippen LogP contribution is -1.98. The fraction of sp³-hybridized carbons (Fsp3) is 0. The largest absolute Gasteiger partial charge is 0.283 e. The van der Waals surface area contributed by atoms with Gasteiger partial charge in [-0.3, -0.25) is 20.2 Å². The second kappa shape index (κ2) is 8.95. The maximum absolute atomic E-state index is 11.5. The number of nitro benzene ring substituents is 2. The minimum atomic E-state index is -0.654. The minimum Gasteiger partial charge on any atom is -0.258 e. The van der Waals surface area contributed by atoms with E-state index in [1.54, 1.807) is 36.4 Å². The summed E-state index contributed by atoms with van der Waals surface area (Å²) in [6.45, 7) is 0. The van der Waals surface area contributed by atoms with Crippen molar-refractivity contribution in [3.8, 4) is 0 Å². The number of hydrogen-bond donors (Lipinski definition) is 0. The van der Waals surface area contributed by atoms with Gasteiger partial charge in [0, 0.05) is 5.03 Å². The van der Waals surface area contributed by atoms with Crippen LogP contribution in [-0.4, -0.2) is 9.85 Å². The Morgan fingerprint density at radius 1 is 0.759 bits per heavy atom. The number of benzene rings is 3. The monoisotopic (exact) mass is 406 g/mol. The van der Waals surface area contributed by atoms with Crippen LogP contribution in [0, 0.1) is 20.2 Å². The second-order valence-corrected chi connectivity index (χ2v) is 6.49. The van der Waals surface area contributed by atoms with Crippen LogP contribution in [0.4, 0.5) is 11.4 Å². The molecule has 0 spiro atoms. The smallest absolute Gasteiger partial charge is 0.258 e. The highest BCUT2D eigenvalue weighted by molar-refractivity contribution is 6.51. The van der Waals surface area contributed by atoms with Gasteiger partial charge in [-0.05, 0) is 29.3 Å². The SMILES string of the molecule is O=[N+]([O-])c1cc([N+](=O)[O-])c(/C=C(\Cl)c2ccccc2)cc1/C=C\c1ccccc1. The van der Waals surface area contributed by atoms with E-state index < -0.39 is 9.85 Å². The van der Waals surface area contributed by atoms with Crippen LogP contribution in [0.5, 0.6) is 0 Å². The predicted octanol–water partition coefficient (Wildman–Crippen LogP) is 6.41. The summed E-state index contributed by atoms with van der Waals surface area (Å²) in [7, 11) is 0. The molecule has 29 heavy (non-hydrogen) atoms. The molecule has 7 heteroatoms. The first-order chi connectivity index (χ1) is 14.0. The molecule has 0 bridgehead atoms. The third-order valence-corrected chi connectivity index (χ3v) is 4.48. The van der Waals surface area contributed by atoms with Gasteiger partial charge in [-0.25, -0.2) is 0 Å². The molecule has 0 N–H and O–H groups in total. The lowest BCUT2D eigenvalue weighted by Gasteiger charge is -2.04. The Morgan fingerprint density at radius 2 is 1.31 bits per heavy atom. The highest BCUT2D eigenvalue weighted by atomic mass is 35.5. The Balaban J connectivity index is 2.13. The third kappa shape index (κ3) is 4.94. The molecule has 0 aliphatic carbocycles. The van der Waals surface area contributed by atoms with E-state index in [0.717, 1.165) is 11.6 Å². The highest BCUT2D eigenvalue weighted by Gasteiger charge is 2.22. The summed E-state index contributed by atoms with van der Waals surface area (Å²) in [5.74, 6) is 0. The maximum Gasteiger partial charge on any atom is 0.283 e. The Bertz CT molecular complexity index is 1110. The van der Waals surface area contributed by atoms with E-state index in [9.17, 15) is 20.2 Å². The molecule has 6 nitrogen and oxygen atoms in total. The molecule has 0 atom stereocenters. The zero-order valence-corrected chi connectivity index (χ0v) is 15.8. The Kier molecular flexibility index (Phi) is 6.16. The molecule has 0 heterocycles. The van der Waals surface area contributed by atoms with Crippen LogP contribution < -0.4 is 0 Å². The summed E-state index contributed by atoms with van der Waals surface area (Å²) in [4.78, 5) is 21.7. The number of hydrogen-bond acceptors (Lipinski definition) is 4. The van der Waals surface area contributed by atoms with E-state index in [1.165, 1.54) is 12.1 Å². The van der Waals surface area contributed by atoms with Crippen LogP contribution in [0.1, 0.15) is 22.3 Å². The molecule has 0 aliphatic rings. The van der Waals surface area contributed by atoms with Crippen molar-refractivity contribution in [3.63, 3.8) is 0 Å². The second-order valence-electron chi connectivity index (χ2n) is 6.09. The van der Waals surface area contributed by atoms with E-state index >= 15 is 0 Å². The summed E-state index contributed by atoms with van der Waals surface area (Å²) < 4.78 is 0. The molecule has 144 valence electrons. The summed E-state index contributed by atoms with van der Waals surface area (Å²) in [6.07, 6.45) is 4.71. The van der Waals surface area contributed by atoms with E-state index in [4.69, 9.17) is 11.6 Å². The van der Waals surface area contributed by atoms with Gasteiger partial charge in [0.15, 0.2) is 0 Å². The van der Waals surface area contributed by atoms with Gasteiger partial charge in [-0.1, -0.05) is 78.3 Å². The fourth-order valence-electron chi connectivity index (χ4n) is 2.74. The number of halogens is 1. The van der Waals surface area contributed by atoms with E-state index in [0.29, 0.717) is 10.6 Å². The summed E-state index contributed by atoms with van der Waals surface area (Å²) in [5, 5.41) is 23.3. The van der Waals surface area contributed by atoms with Crippen molar-refractivity contribution in [1.82, 2.24) is 0 Å². The molecule has 0 saturated carbocycles. The van der Waals surface area contributed by atoms with Crippen LogP contribution >= 0.6 is 11.6 Å². The van der Waals surface area contributed by atoms with E-state index in [1.807, 2.05) is 36.4 Å². The van der Waals surface area contributed by atoms with Gasteiger partial charge in [0.25, 0.3) is 11.4 Å². The average Bonchev–Trinajstić information content (AvgIpc) is 2.73. The van der Waals surface area contributed by atoms with Gasteiger partial charge in [0.05, 0.1) is 27.0 Å². The minimum absolute atomic E-state index is 0.183. The molecule has 3 aromatic rings. The standard InChI is InChI=1S/C22H15ClN2O4/c23-20(17-9-5-2-6-10-17)14-19-13-18(12-11-16-7-3-1-4-8-16)21(24(26)27)15-22(19)25(28)29/h1-15H/b12-11-,20-14-. The van der Waals surface area contributed by atoms with Crippen LogP contribution in [-0.2, 0) is 0 Å². The third-order valence-electron chi connectivity index (χ3n) is 4.16. The van der Waals surface area contributed by atoms with Crippen molar-refractivity contribution in [3.05, 3.63) is 115 Å². The predicted molar refractivity (Wildman–Crippen MR) is 115 cm³/mol. The number of rotatable bonds is 6. The topological polar surface area (TPSA) is 86.3 Å². The summed E-state index contributed by atoms with van der Waals surface area (Å²) in [6, 6.07) is 20.6. The van der Waals surface area contributed by atoms with Gasteiger partial charge in [-0.2, -0.15) is 0 Å². The first-order valence-corrected chi connectivity index (χ1v) is 8.96. The van der Waals surface area contributed by atoms with Crippen molar-refractivity contribution in [2.45, 2.75) is 0 Å². The van der Waals surface area contributed by atoms with Crippen molar-refractivity contribution >= 4 is 46.2 Å². The molecule has 0 amide bonds. The molecule has 0 aliphatic heterocycles. The average molecular weight is 407 g/mol. The Hall–Kier alpha value is -3.77. The quantitative estimate of drug-likeness (QED) is 0.269. The van der Waals surface area contributed by atoms with Gasteiger partial charge >= 0.3 is 0 Å². The van der Waals surface area contributed by atoms with Crippen LogP contribution in [0.2, 0.25) is 0 Å². The Morgan fingerprint density at radius 3 is 1.90 bits per heavy atom. The molecular formula is C22H15ClN2O4. The zero-order valence-electron chi connectivity index (χ0n) is 15.1. The van der Waals surface area contributed by atoms with Crippen LogP contribution in [0.3, 0.4) is 0 Å². The van der Waals surface area contributed by atoms with Gasteiger partial charge in [-0.15, -0.1) is 0 Å². The molecule has 0 saturated heterocycles. The lowest BCUT2D eigenvalue weighted by molar-refractivity contribution is -0.394. The first-order valence-electron chi connectivity index (χ1n) is 8.58. The van der Waals surface area contributed by atoms with Gasteiger partial charge < -0.3 is 0 Å². The normalized spacial score (nSPS) is 11.6. The zero-order chi connectivity index (χ0) is 20.8. The first kappa shape index (κ1) is 20.0. The maximum atomic E-state index is 11.5. The summed E-state index contributed by atoms with van der Waals surface area (Å²) in [5.41, 5.74) is 1.22. The highest BCUT2D eigenvalue weighted by Crippen LogP contribution is 2.33. The van der Waals surface area contributed by atoms with Crippen molar-refractivity contribution in [1.29, 1.82) is 0 Å². The van der Waals surface area contributed by atoms with Gasteiger partial charge in [0.1, 0.15) is 0 Å². The molecule has 0 aromatic heterocycles. The van der Waals surface area contributed by atoms with Crippen LogP contribution in [0.15, 0.2) is 72.8 Å². The molecule has 0 radical (unpaired) electrons. The number of nitro groups is 2. The molecular weight excluding hydrogens is 392 g/mol. The Labute approximate surface area is 171 Å². The molecule has 3 aromatic carbocycles. The van der Waals surface area contributed by atoms with Crippen molar-refractivity contribution in [2.75, 3.05) is 0 Å². The molecule has 3 rings (SSSR count). The van der Waals surface area contributed by atoms with E-state index in [2.05, 4.69) is 0 Å². The fourth-order valence-corrected chi connectivity index (χ4v) is 2.99. The molecule has 0 unspecified atom stereocenters. The summed E-state index contributed by atoms with van der Waals surface area (Å²) >= 11 is 6.33. The van der Waals surface area contributed by atoms with Gasteiger partial charge in [0.2, 0.25) is 0 Å². The lowest BCUT2D eigenvalue weighted by atomic mass is 10.0. The van der Waals surface area contributed by atoms with Crippen molar-refractivity contribution < 1.29 is 9.85 Å². The van der Waals surface area contributed by atoms with E-state index in [-0.39, 0.29) is 22.5 Å². The molecule has 0 fully saturated rings. The van der Waals surface area contributed by atoms with Crippen LogP contribution in [0.25, 0.3) is 23.3 Å².